The Kier molecular flexibility index (Phi) is 5.28. The Morgan fingerprint density at radius 2 is 1.96 bits per heavy atom. The van der Waals surface area contributed by atoms with E-state index in [1.807, 2.05) is 54.6 Å². The topological polar surface area (TPSA) is 85.3 Å². The van der Waals surface area contributed by atoms with Crippen LogP contribution in [0.1, 0.15) is 30.9 Å². The van der Waals surface area contributed by atoms with Crippen LogP contribution in [0.25, 0.3) is 0 Å². The lowest BCUT2D eigenvalue weighted by Crippen LogP contribution is -2.23. The predicted octanol–water partition coefficient (Wildman–Crippen LogP) is 3.94. The van der Waals surface area contributed by atoms with Gasteiger partial charge in [0.1, 0.15) is 29.8 Å². The summed E-state index contributed by atoms with van der Waals surface area (Å²) < 4.78 is 11.3. The molecule has 2 aromatic carbocycles. The fraction of sp³-hybridized carbons (Fsp3) is 0.182. The quantitative estimate of drug-likeness (QED) is 0.873. The molecule has 2 aromatic rings. The van der Waals surface area contributed by atoms with E-state index in [1.165, 1.54) is 6.92 Å². The molecule has 2 N–H and O–H groups in total. The predicted molar refractivity (Wildman–Crippen MR) is 101 cm³/mol. The molecule has 0 aromatic heterocycles. The lowest BCUT2D eigenvalue weighted by atomic mass is 9.81. The van der Waals surface area contributed by atoms with E-state index in [-0.39, 0.29) is 17.2 Å². The van der Waals surface area contributed by atoms with Gasteiger partial charge in [0.25, 0.3) is 0 Å². The van der Waals surface area contributed by atoms with Crippen molar-refractivity contribution < 1.29 is 14.3 Å². The Bertz CT molecular complexity index is 969. The van der Waals surface area contributed by atoms with Crippen molar-refractivity contribution in [1.29, 1.82) is 5.26 Å². The number of allylic oxidation sites excluding steroid dienone is 3. The molecule has 0 unspecified atom stereocenters. The average molecular weight is 360 g/mol. The van der Waals surface area contributed by atoms with Gasteiger partial charge in [0.15, 0.2) is 5.78 Å². The summed E-state index contributed by atoms with van der Waals surface area (Å²) in [6, 6.07) is 19.3. The Balaban J connectivity index is 1.95. The van der Waals surface area contributed by atoms with Gasteiger partial charge in [0, 0.05) is 5.57 Å². The van der Waals surface area contributed by atoms with Crippen LogP contribution in [0.2, 0.25) is 0 Å². The zero-order valence-electron chi connectivity index (χ0n) is 15.2. The smallest absolute Gasteiger partial charge is 0.205 e. The SMILES string of the molecule is CC(=O)C1=C(C)OC(N)=C(C#N)[C@@H]1c1cccc(OCc2ccccc2)c1. The van der Waals surface area contributed by atoms with Crippen molar-refractivity contribution in [2.24, 2.45) is 5.73 Å². The molecule has 1 atom stereocenters. The number of ether oxygens (including phenoxy) is 2. The second-order valence-electron chi connectivity index (χ2n) is 6.30. The number of hydrogen-bond acceptors (Lipinski definition) is 5. The summed E-state index contributed by atoms with van der Waals surface area (Å²) in [5.41, 5.74) is 8.37. The second-order valence-corrected chi connectivity index (χ2v) is 6.30. The molecule has 1 aliphatic rings. The molecule has 136 valence electrons. The molecule has 0 fully saturated rings. The van der Waals surface area contributed by atoms with E-state index in [1.54, 1.807) is 6.92 Å². The van der Waals surface area contributed by atoms with E-state index in [0.717, 1.165) is 11.1 Å². The van der Waals surface area contributed by atoms with Crippen LogP contribution in [0.15, 0.2) is 77.4 Å². The minimum atomic E-state index is -0.568. The number of nitrogens with two attached hydrogens (primary N) is 1. The standard InChI is InChI=1S/C22H20N2O3/c1-14(25)20-15(2)27-22(24)19(12-23)21(20)17-9-6-10-18(11-17)26-13-16-7-4-3-5-8-16/h3-11,21H,13,24H2,1-2H3/t21-/m0/s1. The summed E-state index contributed by atoms with van der Waals surface area (Å²) in [4.78, 5) is 12.2. The molecule has 1 heterocycles. The average Bonchev–Trinajstić information content (AvgIpc) is 2.66. The zero-order valence-corrected chi connectivity index (χ0v) is 15.2. The summed E-state index contributed by atoms with van der Waals surface area (Å²) in [6.45, 7) is 3.57. The van der Waals surface area contributed by atoms with Crippen molar-refractivity contribution >= 4 is 5.78 Å². The van der Waals surface area contributed by atoms with Gasteiger partial charge in [0.2, 0.25) is 5.88 Å². The van der Waals surface area contributed by atoms with E-state index in [0.29, 0.717) is 23.7 Å². The summed E-state index contributed by atoms with van der Waals surface area (Å²) in [5.74, 6) is 0.370. The molecular formula is C22H20N2O3. The van der Waals surface area contributed by atoms with Crippen LogP contribution in [-0.2, 0) is 16.1 Å². The number of benzene rings is 2. The van der Waals surface area contributed by atoms with Gasteiger partial charge in [-0.3, -0.25) is 4.79 Å². The summed E-state index contributed by atoms with van der Waals surface area (Å²) in [7, 11) is 0. The first kappa shape index (κ1) is 18.3. The maximum absolute atomic E-state index is 12.2. The van der Waals surface area contributed by atoms with E-state index in [4.69, 9.17) is 15.2 Å². The molecule has 0 saturated heterocycles. The van der Waals surface area contributed by atoms with E-state index >= 15 is 0 Å². The highest BCUT2D eigenvalue weighted by molar-refractivity contribution is 5.96. The summed E-state index contributed by atoms with van der Waals surface area (Å²) in [6.07, 6.45) is 0. The molecule has 1 aliphatic heterocycles. The van der Waals surface area contributed by atoms with Crippen LogP contribution in [0.3, 0.4) is 0 Å². The van der Waals surface area contributed by atoms with Crippen molar-refractivity contribution in [2.45, 2.75) is 26.4 Å². The highest BCUT2D eigenvalue weighted by atomic mass is 16.5. The number of Topliss-reactive ketones (excluding diaryl/α,β-unsaturated/α-hetero) is 1. The number of nitriles is 1. The molecule has 27 heavy (non-hydrogen) atoms. The first-order valence-electron chi connectivity index (χ1n) is 8.57. The van der Waals surface area contributed by atoms with Gasteiger partial charge in [-0.25, -0.2) is 0 Å². The summed E-state index contributed by atoms with van der Waals surface area (Å²) in [5, 5.41) is 9.57. The van der Waals surface area contributed by atoms with Crippen LogP contribution >= 0.6 is 0 Å². The van der Waals surface area contributed by atoms with E-state index < -0.39 is 5.92 Å². The van der Waals surface area contributed by atoms with Gasteiger partial charge in [-0.15, -0.1) is 0 Å². The van der Waals surface area contributed by atoms with Crippen molar-refractivity contribution in [3.63, 3.8) is 0 Å². The monoisotopic (exact) mass is 360 g/mol. The number of carbonyl (C=O) groups excluding carboxylic acids is 1. The first-order valence-corrected chi connectivity index (χ1v) is 8.57. The van der Waals surface area contributed by atoms with Crippen molar-refractivity contribution in [1.82, 2.24) is 0 Å². The van der Waals surface area contributed by atoms with E-state index in [2.05, 4.69) is 6.07 Å². The van der Waals surface area contributed by atoms with Crippen molar-refractivity contribution in [3.8, 4) is 11.8 Å². The third-order valence-electron chi connectivity index (χ3n) is 4.42. The van der Waals surface area contributed by atoms with Crippen LogP contribution in [0.5, 0.6) is 5.75 Å². The molecule has 0 spiro atoms. The Morgan fingerprint density at radius 3 is 2.63 bits per heavy atom. The lowest BCUT2D eigenvalue weighted by molar-refractivity contribution is -0.114. The first-order chi connectivity index (χ1) is 13.0. The number of carbonyl (C=O) groups is 1. The zero-order chi connectivity index (χ0) is 19.4. The molecule has 0 bridgehead atoms. The molecular weight excluding hydrogens is 340 g/mol. The minimum Gasteiger partial charge on any atom is -0.489 e. The van der Waals surface area contributed by atoms with Crippen molar-refractivity contribution in [3.05, 3.63) is 88.5 Å². The summed E-state index contributed by atoms with van der Waals surface area (Å²) >= 11 is 0. The van der Waals surface area contributed by atoms with Crippen LogP contribution in [-0.4, -0.2) is 5.78 Å². The number of nitrogens with zero attached hydrogens (tertiary/aromatic N) is 1. The number of ketones is 1. The van der Waals surface area contributed by atoms with Gasteiger partial charge in [-0.1, -0.05) is 42.5 Å². The van der Waals surface area contributed by atoms with E-state index in [9.17, 15) is 10.1 Å². The third kappa shape index (κ3) is 3.85. The molecule has 3 rings (SSSR count). The van der Waals surface area contributed by atoms with Gasteiger partial charge >= 0.3 is 0 Å². The van der Waals surface area contributed by atoms with Gasteiger partial charge in [-0.2, -0.15) is 5.26 Å². The van der Waals surface area contributed by atoms with Crippen LogP contribution in [0.4, 0.5) is 0 Å². The third-order valence-corrected chi connectivity index (χ3v) is 4.42. The molecule has 0 amide bonds. The minimum absolute atomic E-state index is 0.0283. The number of hydrogen-bond donors (Lipinski definition) is 1. The molecule has 0 aliphatic carbocycles. The lowest BCUT2D eigenvalue weighted by Gasteiger charge is -2.27. The fourth-order valence-corrected chi connectivity index (χ4v) is 3.19. The molecule has 5 heteroatoms. The maximum atomic E-state index is 12.2. The van der Waals surface area contributed by atoms with Gasteiger partial charge < -0.3 is 15.2 Å². The number of rotatable bonds is 5. The van der Waals surface area contributed by atoms with Crippen LogP contribution in [0, 0.1) is 11.3 Å². The largest absolute Gasteiger partial charge is 0.489 e. The Hall–Kier alpha value is -3.52. The molecule has 0 radical (unpaired) electrons. The fourth-order valence-electron chi connectivity index (χ4n) is 3.19. The van der Waals surface area contributed by atoms with Gasteiger partial charge in [-0.05, 0) is 37.1 Å². The van der Waals surface area contributed by atoms with Crippen LogP contribution < -0.4 is 10.5 Å². The molecule has 5 nitrogen and oxygen atoms in total. The Labute approximate surface area is 158 Å². The highest BCUT2D eigenvalue weighted by Gasteiger charge is 2.33. The van der Waals surface area contributed by atoms with Gasteiger partial charge in [0.05, 0.1) is 5.92 Å². The Morgan fingerprint density at radius 1 is 1.22 bits per heavy atom. The highest BCUT2D eigenvalue weighted by Crippen LogP contribution is 2.40. The second kappa shape index (κ2) is 7.79. The van der Waals surface area contributed by atoms with Crippen molar-refractivity contribution in [2.75, 3.05) is 0 Å². The maximum Gasteiger partial charge on any atom is 0.205 e. The normalized spacial score (nSPS) is 16.6. The molecule has 0 saturated carbocycles.